The fourth-order valence-electron chi connectivity index (χ4n) is 16.2. The first-order valence-electron chi connectivity index (χ1n) is 32.8. The van der Waals surface area contributed by atoms with E-state index in [0.717, 1.165) is 87.7 Å². The summed E-state index contributed by atoms with van der Waals surface area (Å²) in [6, 6.07) is 51.2. The number of anilines is 2. The lowest BCUT2D eigenvalue weighted by molar-refractivity contribution is 0.219. The third-order valence-electron chi connectivity index (χ3n) is 21.2. The maximum Gasteiger partial charge on any atom is 0.119 e. The highest BCUT2D eigenvalue weighted by Crippen LogP contribution is 2.61. The van der Waals surface area contributed by atoms with E-state index in [9.17, 15) is 0 Å². The Balaban J connectivity index is 0.804. The lowest BCUT2D eigenvalue weighted by Crippen LogP contribution is -2.42. The van der Waals surface area contributed by atoms with Crippen LogP contribution in [0.2, 0.25) is 25.2 Å². The van der Waals surface area contributed by atoms with Crippen LogP contribution in [0.5, 0.6) is 5.75 Å². The summed E-state index contributed by atoms with van der Waals surface area (Å²) in [5.41, 5.74) is 21.2. The van der Waals surface area contributed by atoms with Gasteiger partial charge in [0.1, 0.15) is 5.75 Å². The predicted molar refractivity (Wildman–Crippen MR) is 370 cm³/mol. The minimum Gasteiger partial charge on any atom is -0.494 e. The average Bonchev–Trinajstić information content (AvgIpc) is 1.87. The molecule has 0 amide bonds. The largest absolute Gasteiger partial charge is 0.494 e. The van der Waals surface area contributed by atoms with Gasteiger partial charge in [0.15, 0.2) is 0 Å². The fourth-order valence-corrected chi connectivity index (χ4v) is 18.2. The molecule has 0 spiro atoms. The topological polar surface area (TPSA) is 17.4 Å². The molecule has 0 aliphatic heterocycles. The van der Waals surface area contributed by atoms with Crippen molar-refractivity contribution in [2.75, 3.05) is 11.5 Å². The number of hydrogen-bond donors (Lipinski definition) is 0. The Morgan fingerprint density at radius 2 is 1.50 bits per heavy atom. The molecule has 0 saturated heterocycles. The first-order chi connectivity index (χ1) is 41.9. The van der Waals surface area contributed by atoms with E-state index in [2.05, 4.69) is 251 Å². The van der Waals surface area contributed by atoms with E-state index in [1.165, 1.54) is 98.5 Å². The molecule has 13 rings (SSSR count). The SMILES string of the molecule is C=CC1=CCC(c2ccc(-n3c4c(c5c3=CCC(C3=CCC(C(C)(C)C)CC3)C=5)C=C(c3ccc(N(c5ccccc5)C5CC=C6c7ccccc7C(CCC[Si](C)(C)CCOc7ccc(C=C)cc7)(C7=CCCC=C7)C6C5)cc3)CC4)cc2)C=C1. The number of ether oxygens (including phenoxy) is 1. The van der Waals surface area contributed by atoms with E-state index in [1.54, 1.807) is 22.3 Å². The van der Waals surface area contributed by atoms with Crippen molar-refractivity contribution in [1.82, 2.24) is 4.57 Å². The molecule has 1 aromatic heterocycles. The van der Waals surface area contributed by atoms with Crippen LogP contribution in [-0.2, 0) is 11.8 Å². The van der Waals surface area contributed by atoms with E-state index >= 15 is 0 Å². The zero-order valence-corrected chi connectivity index (χ0v) is 53.0. The molecule has 6 unspecified atom stereocenters. The Kier molecular flexibility index (Phi) is 16.4. The number of aromatic nitrogens is 1. The molecule has 86 heavy (non-hydrogen) atoms. The van der Waals surface area contributed by atoms with Gasteiger partial charge >= 0.3 is 0 Å². The molecule has 0 radical (unpaired) electrons. The maximum atomic E-state index is 6.35. The van der Waals surface area contributed by atoms with Crippen molar-refractivity contribution in [3.05, 3.63) is 262 Å². The second-order valence-electron chi connectivity index (χ2n) is 27.8. The summed E-state index contributed by atoms with van der Waals surface area (Å²) >= 11 is 0. The van der Waals surface area contributed by atoms with E-state index < -0.39 is 8.07 Å². The molecule has 6 aromatic rings. The van der Waals surface area contributed by atoms with E-state index in [0.29, 0.717) is 29.2 Å². The van der Waals surface area contributed by atoms with Crippen LogP contribution in [-0.4, -0.2) is 25.3 Å². The molecule has 7 aliphatic rings. The molecule has 1 heterocycles. The summed E-state index contributed by atoms with van der Waals surface area (Å²) in [7, 11) is -1.58. The minimum absolute atomic E-state index is 0.0789. The molecule has 438 valence electrons. The molecular weight excluding hydrogens is 1060 g/mol. The molecule has 5 aromatic carbocycles. The fraction of sp³-hybridized carbons (Fsp3) is 0.341. The van der Waals surface area contributed by atoms with Crippen LogP contribution in [0.15, 0.2) is 212 Å². The van der Waals surface area contributed by atoms with E-state index in [4.69, 9.17) is 4.74 Å². The normalized spacial score (nSPS) is 23.1. The van der Waals surface area contributed by atoms with E-state index in [1.807, 2.05) is 12.2 Å². The summed E-state index contributed by atoms with van der Waals surface area (Å²) in [5, 5.41) is 2.80. The van der Waals surface area contributed by atoms with Gasteiger partial charge in [0.25, 0.3) is 0 Å². The van der Waals surface area contributed by atoms with Crippen molar-refractivity contribution in [3.63, 3.8) is 0 Å². The van der Waals surface area contributed by atoms with Crippen LogP contribution in [0.25, 0.3) is 41.1 Å². The van der Waals surface area contributed by atoms with Crippen LogP contribution in [0, 0.1) is 23.2 Å². The number of benzene rings is 5. The Bertz CT molecular complexity index is 3860. The zero-order valence-electron chi connectivity index (χ0n) is 52.0. The van der Waals surface area contributed by atoms with Crippen molar-refractivity contribution in [3.8, 4) is 11.4 Å². The molecule has 3 nitrogen and oxygen atoms in total. The first kappa shape index (κ1) is 57.7. The highest BCUT2D eigenvalue weighted by molar-refractivity contribution is 6.77. The average molecular weight is 1150 g/mol. The number of hydrogen-bond acceptors (Lipinski definition) is 2. The second kappa shape index (κ2) is 24.4. The van der Waals surface area contributed by atoms with E-state index in [-0.39, 0.29) is 5.41 Å². The minimum atomic E-state index is -1.58. The molecule has 0 saturated carbocycles. The number of allylic oxidation sites excluding steroid dienone is 13. The number of fused-ring (bicyclic) bond motifs is 6. The first-order valence-corrected chi connectivity index (χ1v) is 36.2. The second-order valence-corrected chi connectivity index (χ2v) is 33.2. The van der Waals surface area contributed by atoms with Crippen molar-refractivity contribution in [1.29, 1.82) is 0 Å². The van der Waals surface area contributed by atoms with Crippen molar-refractivity contribution in [2.24, 2.45) is 23.2 Å². The summed E-state index contributed by atoms with van der Waals surface area (Å²) in [5.74, 6) is 2.91. The summed E-state index contributed by atoms with van der Waals surface area (Å²) in [4.78, 5) is 2.71. The van der Waals surface area contributed by atoms with Crippen molar-refractivity contribution < 1.29 is 4.74 Å². The maximum absolute atomic E-state index is 6.35. The van der Waals surface area contributed by atoms with Gasteiger partial charge in [-0.1, -0.05) is 217 Å². The molecule has 0 fully saturated rings. The summed E-state index contributed by atoms with van der Waals surface area (Å²) < 4.78 is 8.98. The van der Waals surface area contributed by atoms with Gasteiger partial charge in [-0.05, 0) is 205 Å². The molecule has 7 aliphatic carbocycles. The quantitative estimate of drug-likeness (QED) is 0.0630. The van der Waals surface area contributed by atoms with Gasteiger partial charge in [0.2, 0.25) is 0 Å². The smallest absolute Gasteiger partial charge is 0.119 e. The third-order valence-corrected chi connectivity index (χ3v) is 24.4. The highest BCUT2D eigenvalue weighted by Gasteiger charge is 2.53. The Hall–Kier alpha value is -7.40. The van der Waals surface area contributed by atoms with Crippen molar-refractivity contribution in [2.45, 2.75) is 147 Å². The van der Waals surface area contributed by atoms with Crippen LogP contribution in [0.4, 0.5) is 11.4 Å². The molecule has 6 atom stereocenters. The van der Waals surface area contributed by atoms with Gasteiger partial charge in [0.05, 0.1) is 14.7 Å². The Labute approximate surface area is 515 Å². The molecule has 0 N–H and O–H groups in total. The van der Waals surface area contributed by atoms with Gasteiger partial charge in [-0.15, -0.1) is 0 Å². The summed E-state index contributed by atoms with van der Waals surface area (Å²) in [6.07, 6.45) is 45.9. The molecule has 4 heteroatoms. The van der Waals surface area contributed by atoms with Crippen LogP contribution in [0.1, 0.15) is 143 Å². The monoisotopic (exact) mass is 1150 g/mol. The van der Waals surface area contributed by atoms with Gasteiger partial charge in [-0.2, -0.15) is 0 Å². The Morgan fingerprint density at radius 1 is 0.721 bits per heavy atom. The standard InChI is InChI=1S/C82H90N2OSi/c1-8-58-25-29-60(30-26-58)61-33-43-70(44-34-61)84-79-49-37-64(62-31-39-66(40-32-62)81(3,4)5)55-75(79)76-56-65(38-50-80(76)84)63-35-41-69(42-36-63)83(68-21-14-11-15-22-68)71-45-48-74-73-23-16-17-24-77(73)82(78(74)57-71,67-19-12-10-13-20-67)51-18-53-86(6,7)54-52-85-72-46-27-59(9-2)28-47-72/h8-9,11-12,14-17,19-29,31,33-36,41-44,46-49,55-56,60,64,66,71,78H,1-2,10,13,18,30,32,37-40,45,50-54,57H2,3-7H3. The number of para-hydroxylation sites is 1. The lowest BCUT2D eigenvalue weighted by atomic mass is 9.62. The van der Waals surface area contributed by atoms with Gasteiger partial charge in [-0.3, -0.25) is 0 Å². The van der Waals surface area contributed by atoms with Crippen LogP contribution >= 0.6 is 0 Å². The summed E-state index contributed by atoms with van der Waals surface area (Å²) in [6.45, 7) is 21.1. The highest BCUT2D eigenvalue weighted by atomic mass is 28.3. The van der Waals surface area contributed by atoms with Crippen LogP contribution in [0.3, 0.4) is 0 Å². The Morgan fingerprint density at radius 3 is 2.22 bits per heavy atom. The van der Waals surface area contributed by atoms with Gasteiger partial charge < -0.3 is 14.2 Å². The lowest BCUT2D eigenvalue weighted by Gasteiger charge is -2.45. The van der Waals surface area contributed by atoms with Crippen molar-refractivity contribution >= 4 is 54.9 Å². The van der Waals surface area contributed by atoms with Crippen LogP contribution < -0.4 is 20.2 Å². The van der Waals surface area contributed by atoms with Gasteiger partial charge in [0, 0.05) is 62.2 Å². The molecular formula is C82H90N2OSi. The number of nitrogens with zero attached hydrogens (tertiary/aromatic N) is 2. The zero-order chi connectivity index (χ0) is 59.0. The number of rotatable bonds is 18. The third kappa shape index (κ3) is 11.4. The molecule has 0 bridgehead atoms. The van der Waals surface area contributed by atoms with Gasteiger partial charge in [-0.25, -0.2) is 0 Å². The predicted octanol–water partition coefficient (Wildman–Crippen LogP) is 20.2.